The van der Waals surface area contributed by atoms with Gasteiger partial charge in [-0.05, 0) is 45.4 Å². The van der Waals surface area contributed by atoms with Gasteiger partial charge in [-0.1, -0.05) is 97.3 Å². The van der Waals surface area contributed by atoms with Crippen LogP contribution in [0.15, 0.2) is 0 Å². The Hall–Kier alpha value is -0.580. The lowest BCUT2D eigenvalue weighted by Gasteiger charge is -2.45. The van der Waals surface area contributed by atoms with E-state index in [-0.39, 0.29) is 18.4 Å². The number of hydrogen-bond donors (Lipinski definition) is 3. The lowest BCUT2D eigenvalue weighted by molar-refractivity contribution is -0.218. The molecule has 0 bridgehead atoms. The molecule has 9 atom stereocenters. The summed E-state index contributed by atoms with van der Waals surface area (Å²) >= 11 is 7.82. The first-order chi connectivity index (χ1) is 21.1. The van der Waals surface area contributed by atoms with Crippen LogP contribution >= 0.6 is 23.4 Å². The molecule has 2 heterocycles. The van der Waals surface area contributed by atoms with E-state index in [1.165, 1.54) is 76.0 Å². The van der Waals surface area contributed by atoms with Crippen LogP contribution in [0.4, 0.5) is 0 Å². The van der Waals surface area contributed by atoms with Crippen LogP contribution in [0.5, 0.6) is 0 Å². The standard InChI is InChI=1S/C34H63ClN2O6S/c1-6-8-9-10-11-12-13-14-15-16-17-18-19-21-27(38)42-32-30(40)29(39)31(43-34(32)44-5)28(24(3)35)36-33(41)26-22-25(20-7-2)23-37(26)4/h24-26,28-32,34,39-40H,6-23H2,1-5H3,(H,36,41)/t24-,25-,26-,28+,29-,30-,31+,32-,34-/m0/s1. The number of ether oxygens (including phenoxy) is 2. The highest BCUT2D eigenvalue weighted by atomic mass is 35.5. The average molecular weight is 663 g/mol. The van der Waals surface area contributed by atoms with E-state index in [0.29, 0.717) is 5.92 Å². The van der Waals surface area contributed by atoms with Crippen molar-refractivity contribution < 1.29 is 29.3 Å². The van der Waals surface area contributed by atoms with Crippen molar-refractivity contribution in [3.05, 3.63) is 0 Å². The summed E-state index contributed by atoms with van der Waals surface area (Å²) in [6, 6.07) is -1.00. The van der Waals surface area contributed by atoms with Crippen LogP contribution in [0.25, 0.3) is 0 Å². The third kappa shape index (κ3) is 13.3. The summed E-state index contributed by atoms with van der Waals surface area (Å²) in [4.78, 5) is 28.0. The highest BCUT2D eigenvalue weighted by Gasteiger charge is 2.50. The van der Waals surface area contributed by atoms with Crippen LogP contribution in [0.1, 0.15) is 130 Å². The lowest BCUT2D eigenvalue weighted by atomic mass is 9.92. The quantitative estimate of drug-likeness (QED) is 0.0693. The van der Waals surface area contributed by atoms with E-state index < -0.39 is 47.2 Å². The first-order valence-electron chi connectivity index (χ1n) is 17.5. The second-order valence-corrected chi connectivity index (χ2v) is 14.8. The van der Waals surface area contributed by atoms with E-state index >= 15 is 0 Å². The summed E-state index contributed by atoms with van der Waals surface area (Å²) < 4.78 is 11.9. The zero-order valence-corrected chi connectivity index (χ0v) is 29.8. The van der Waals surface area contributed by atoms with Gasteiger partial charge >= 0.3 is 5.97 Å². The molecule has 0 unspecified atom stereocenters. The van der Waals surface area contributed by atoms with Crippen LogP contribution in [-0.4, -0.2) is 94.2 Å². The van der Waals surface area contributed by atoms with Crippen molar-refractivity contribution in [2.45, 2.75) is 177 Å². The number of aliphatic hydroxyl groups excluding tert-OH is 2. The molecule has 0 saturated carbocycles. The van der Waals surface area contributed by atoms with Gasteiger partial charge in [0, 0.05) is 13.0 Å². The third-order valence-electron chi connectivity index (χ3n) is 9.36. The SMILES string of the molecule is CCCCCCCCCCCCCCCC(=O)O[C@H]1[C@@H](O)[C@H](O)[C@@H]([C@H](NC(=O)[C@@H]2C[C@H](CCC)CN2C)[C@H](C)Cl)O[C@H]1SC. The number of rotatable bonds is 22. The first kappa shape index (κ1) is 39.6. The van der Waals surface area contributed by atoms with Crippen molar-refractivity contribution in [2.24, 2.45) is 5.92 Å². The lowest BCUT2D eigenvalue weighted by Crippen LogP contribution is -2.65. The highest BCUT2D eigenvalue weighted by Crippen LogP contribution is 2.33. The Labute approximate surface area is 277 Å². The summed E-state index contributed by atoms with van der Waals surface area (Å²) in [6.07, 6.45) is 16.3. The topological polar surface area (TPSA) is 108 Å². The van der Waals surface area contributed by atoms with Gasteiger partial charge in [-0.3, -0.25) is 14.5 Å². The summed E-state index contributed by atoms with van der Waals surface area (Å²) in [6.45, 7) is 7.01. The molecular weight excluding hydrogens is 600 g/mol. The van der Waals surface area contributed by atoms with Crippen LogP contribution < -0.4 is 5.32 Å². The molecule has 2 aliphatic rings. The van der Waals surface area contributed by atoms with Crippen molar-refractivity contribution in [2.75, 3.05) is 19.8 Å². The Morgan fingerprint density at radius 1 is 0.955 bits per heavy atom. The van der Waals surface area contributed by atoms with E-state index in [9.17, 15) is 19.8 Å². The molecular formula is C34H63ClN2O6S. The van der Waals surface area contributed by atoms with Crippen LogP contribution in [0.3, 0.4) is 0 Å². The van der Waals surface area contributed by atoms with Gasteiger partial charge in [-0.15, -0.1) is 23.4 Å². The molecule has 2 saturated heterocycles. The molecule has 0 aromatic carbocycles. The molecule has 2 rings (SSSR count). The van der Waals surface area contributed by atoms with Gasteiger partial charge in [0.25, 0.3) is 0 Å². The number of alkyl halides is 1. The van der Waals surface area contributed by atoms with Gasteiger partial charge in [0.2, 0.25) is 5.91 Å². The first-order valence-corrected chi connectivity index (χ1v) is 19.2. The van der Waals surface area contributed by atoms with Crippen LogP contribution in [-0.2, 0) is 19.1 Å². The number of aliphatic hydroxyl groups is 2. The van der Waals surface area contributed by atoms with E-state index in [4.69, 9.17) is 21.1 Å². The van der Waals surface area contributed by atoms with Crippen LogP contribution in [0.2, 0.25) is 0 Å². The number of esters is 1. The molecule has 2 aliphatic heterocycles. The Morgan fingerprint density at radius 3 is 2.05 bits per heavy atom. The number of halogens is 1. The normalized spacial score (nSPS) is 29.0. The number of amides is 1. The predicted octanol–water partition coefficient (Wildman–Crippen LogP) is 6.42. The number of thioether (sulfide) groups is 1. The van der Waals surface area contributed by atoms with Gasteiger partial charge in [0.15, 0.2) is 6.10 Å². The maximum Gasteiger partial charge on any atom is 0.306 e. The summed E-state index contributed by atoms with van der Waals surface area (Å²) in [5.41, 5.74) is -0.702. The molecule has 1 amide bonds. The summed E-state index contributed by atoms with van der Waals surface area (Å²) in [5, 5.41) is 24.6. The third-order valence-corrected chi connectivity index (χ3v) is 10.5. The molecule has 10 heteroatoms. The number of carbonyl (C=O) groups is 2. The van der Waals surface area contributed by atoms with E-state index in [2.05, 4.69) is 24.1 Å². The van der Waals surface area contributed by atoms with Crippen molar-refractivity contribution >= 4 is 35.2 Å². The van der Waals surface area contributed by atoms with Gasteiger partial charge < -0.3 is 25.0 Å². The largest absolute Gasteiger partial charge is 0.456 e. The fraction of sp³-hybridized carbons (Fsp3) is 0.941. The number of nitrogens with zero attached hydrogens (tertiary/aromatic N) is 1. The minimum absolute atomic E-state index is 0.152. The van der Waals surface area contributed by atoms with Gasteiger partial charge in [0.1, 0.15) is 23.7 Å². The number of unbranched alkanes of at least 4 members (excludes halogenated alkanes) is 12. The number of carbonyl (C=O) groups excluding carboxylic acids is 2. The molecule has 44 heavy (non-hydrogen) atoms. The average Bonchev–Trinajstić information content (AvgIpc) is 3.36. The molecule has 0 spiro atoms. The molecule has 8 nitrogen and oxygen atoms in total. The zero-order valence-electron chi connectivity index (χ0n) is 28.2. The maximum absolute atomic E-state index is 13.3. The van der Waals surface area contributed by atoms with Crippen molar-refractivity contribution in [3.63, 3.8) is 0 Å². The summed E-state index contributed by atoms with van der Waals surface area (Å²) in [5.74, 6) is -0.0742. The second-order valence-electron chi connectivity index (χ2n) is 13.2. The molecule has 0 aromatic heterocycles. The summed E-state index contributed by atoms with van der Waals surface area (Å²) in [7, 11) is 1.95. The molecule has 0 aliphatic carbocycles. The molecule has 2 fully saturated rings. The van der Waals surface area contributed by atoms with Crippen molar-refractivity contribution in [3.8, 4) is 0 Å². The fourth-order valence-corrected chi connectivity index (χ4v) is 7.65. The van der Waals surface area contributed by atoms with E-state index in [1.54, 1.807) is 13.2 Å². The van der Waals surface area contributed by atoms with Gasteiger partial charge in [0.05, 0.1) is 17.5 Å². The number of likely N-dealkylation sites (N-methyl/N-ethyl adjacent to an activating group) is 1. The minimum Gasteiger partial charge on any atom is -0.456 e. The highest BCUT2D eigenvalue weighted by molar-refractivity contribution is 7.99. The Morgan fingerprint density at radius 2 is 1.52 bits per heavy atom. The van der Waals surface area contributed by atoms with E-state index in [1.807, 2.05) is 7.05 Å². The molecule has 3 N–H and O–H groups in total. The second kappa shape index (κ2) is 22.1. The smallest absolute Gasteiger partial charge is 0.306 e. The molecule has 258 valence electrons. The number of nitrogens with one attached hydrogen (secondary N) is 1. The van der Waals surface area contributed by atoms with Crippen LogP contribution in [0, 0.1) is 5.92 Å². The molecule has 0 aromatic rings. The van der Waals surface area contributed by atoms with Crippen molar-refractivity contribution in [1.29, 1.82) is 0 Å². The van der Waals surface area contributed by atoms with Gasteiger partial charge in [-0.25, -0.2) is 0 Å². The minimum atomic E-state index is -1.38. The maximum atomic E-state index is 13.3. The van der Waals surface area contributed by atoms with E-state index in [0.717, 1.165) is 45.1 Å². The number of hydrogen-bond acceptors (Lipinski definition) is 8. The zero-order chi connectivity index (χ0) is 32.5. The predicted molar refractivity (Wildman–Crippen MR) is 181 cm³/mol. The Kier molecular flexibility index (Phi) is 19.9. The fourth-order valence-electron chi connectivity index (χ4n) is 6.72. The Bertz CT molecular complexity index is 806. The number of likely N-dealkylation sites (tertiary alicyclic amines) is 1. The van der Waals surface area contributed by atoms with Gasteiger partial charge in [-0.2, -0.15) is 0 Å². The molecule has 0 radical (unpaired) electrons. The Balaban J connectivity index is 1.76. The monoisotopic (exact) mass is 662 g/mol. The van der Waals surface area contributed by atoms with Crippen molar-refractivity contribution in [1.82, 2.24) is 10.2 Å².